The predicted octanol–water partition coefficient (Wildman–Crippen LogP) is 1.06. The number of benzene rings is 1. The maximum absolute atomic E-state index is 12.4. The standard InChI is InChI=1S/C16H24N2O2/c1-12-4-6-13(7-5-12)8-16(20)18-11-15(19)9-14(18)10-17(2)3/h4-7,14-15,19H,8-11H2,1-3H3. The summed E-state index contributed by atoms with van der Waals surface area (Å²) in [5.41, 5.74) is 2.23. The van der Waals surface area contributed by atoms with E-state index in [1.165, 1.54) is 5.56 Å². The molecule has 2 atom stereocenters. The lowest BCUT2D eigenvalue weighted by atomic mass is 10.1. The third-order valence-electron chi connectivity index (χ3n) is 3.76. The minimum atomic E-state index is -0.387. The molecule has 2 rings (SSSR count). The van der Waals surface area contributed by atoms with E-state index in [2.05, 4.69) is 4.90 Å². The van der Waals surface area contributed by atoms with E-state index in [9.17, 15) is 9.90 Å². The normalized spacial score (nSPS) is 22.6. The molecule has 1 aliphatic heterocycles. The third kappa shape index (κ3) is 3.81. The van der Waals surface area contributed by atoms with Gasteiger partial charge in [-0.05, 0) is 33.0 Å². The lowest BCUT2D eigenvalue weighted by molar-refractivity contribution is -0.131. The molecule has 1 heterocycles. The van der Waals surface area contributed by atoms with Crippen molar-refractivity contribution in [3.05, 3.63) is 35.4 Å². The average molecular weight is 276 g/mol. The molecule has 20 heavy (non-hydrogen) atoms. The molecule has 0 radical (unpaired) electrons. The van der Waals surface area contributed by atoms with Crippen LogP contribution in [-0.4, -0.2) is 60.1 Å². The number of aryl methyl sites for hydroxylation is 1. The molecule has 1 aliphatic rings. The Morgan fingerprint density at radius 2 is 2.00 bits per heavy atom. The molecule has 4 heteroatoms. The Bertz CT molecular complexity index is 456. The first-order valence-corrected chi connectivity index (χ1v) is 7.13. The Hall–Kier alpha value is -1.39. The highest BCUT2D eigenvalue weighted by Gasteiger charge is 2.34. The Morgan fingerprint density at radius 1 is 1.35 bits per heavy atom. The number of hydrogen-bond acceptors (Lipinski definition) is 3. The van der Waals surface area contributed by atoms with Crippen molar-refractivity contribution < 1.29 is 9.90 Å². The molecule has 0 aliphatic carbocycles. The molecule has 1 aromatic rings. The highest BCUT2D eigenvalue weighted by Crippen LogP contribution is 2.20. The van der Waals surface area contributed by atoms with Crippen LogP contribution in [0.15, 0.2) is 24.3 Å². The molecule has 110 valence electrons. The highest BCUT2D eigenvalue weighted by atomic mass is 16.3. The smallest absolute Gasteiger partial charge is 0.227 e. The molecular weight excluding hydrogens is 252 g/mol. The second kappa shape index (κ2) is 6.37. The zero-order valence-corrected chi connectivity index (χ0v) is 12.5. The monoisotopic (exact) mass is 276 g/mol. The van der Waals surface area contributed by atoms with Crippen molar-refractivity contribution in [2.24, 2.45) is 0 Å². The van der Waals surface area contributed by atoms with E-state index in [1.54, 1.807) is 0 Å². The van der Waals surface area contributed by atoms with Crippen molar-refractivity contribution in [3.63, 3.8) is 0 Å². The third-order valence-corrected chi connectivity index (χ3v) is 3.76. The lowest BCUT2D eigenvalue weighted by Gasteiger charge is -2.27. The molecule has 1 fully saturated rings. The Kier molecular flexibility index (Phi) is 4.78. The van der Waals surface area contributed by atoms with Gasteiger partial charge in [-0.3, -0.25) is 4.79 Å². The van der Waals surface area contributed by atoms with Crippen molar-refractivity contribution in [2.75, 3.05) is 27.2 Å². The summed E-state index contributed by atoms with van der Waals surface area (Å²) in [5, 5.41) is 9.82. The number of nitrogens with zero attached hydrogens (tertiary/aromatic N) is 2. The van der Waals surface area contributed by atoms with Crippen LogP contribution in [0.1, 0.15) is 17.5 Å². The van der Waals surface area contributed by atoms with Crippen molar-refractivity contribution in [2.45, 2.75) is 31.9 Å². The van der Waals surface area contributed by atoms with Gasteiger partial charge in [-0.1, -0.05) is 29.8 Å². The van der Waals surface area contributed by atoms with E-state index >= 15 is 0 Å². The average Bonchev–Trinajstić information content (AvgIpc) is 2.72. The molecule has 1 saturated heterocycles. The van der Waals surface area contributed by atoms with Crippen molar-refractivity contribution >= 4 is 5.91 Å². The van der Waals surface area contributed by atoms with Gasteiger partial charge in [0.15, 0.2) is 0 Å². The summed E-state index contributed by atoms with van der Waals surface area (Å²) in [7, 11) is 3.99. The molecule has 1 amide bonds. The van der Waals surface area contributed by atoms with Gasteiger partial charge < -0.3 is 14.9 Å². The summed E-state index contributed by atoms with van der Waals surface area (Å²) < 4.78 is 0. The van der Waals surface area contributed by atoms with Gasteiger partial charge in [0.1, 0.15) is 0 Å². The molecule has 1 N–H and O–H groups in total. The maximum atomic E-state index is 12.4. The van der Waals surface area contributed by atoms with E-state index < -0.39 is 0 Å². The number of β-amino-alcohol motifs (C(OH)–C–C–N with tert-alkyl or cyclic N) is 1. The van der Waals surface area contributed by atoms with Gasteiger partial charge in [0.2, 0.25) is 5.91 Å². The maximum Gasteiger partial charge on any atom is 0.227 e. The van der Waals surface area contributed by atoms with Gasteiger partial charge in [-0.15, -0.1) is 0 Å². The molecule has 0 bridgehead atoms. The first-order valence-electron chi connectivity index (χ1n) is 7.13. The summed E-state index contributed by atoms with van der Waals surface area (Å²) in [5.74, 6) is 0.109. The zero-order valence-electron chi connectivity index (χ0n) is 12.5. The largest absolute Gasteiger partial charge is 0.391 e. The summed E-state index contributed by atoms with van der Waals surface area (Å²) in [6, 6.07) is 8.18. The second-order valence-corrected chi connectivity index (χ2v) is 6.01. The van der Waals surface area contributed by atoms with Crippen LogP contribution in [0.4, 0.5) is 0 Å². The molecule has 0 saturated carbocycles. The number of hydrogen-bond donors (Lipinski definition) is 1. The molecule has 1 aromatic carbocycles. The Balaban J connectivity index is 2.01. The van der Waals surface area contributed by atoms with Crippen LogP contribution in [-0.2, 0) is 11.2 Å². The van der Waals surface area contributed by atoms with E-state index in [0.29, 0.717) is 19.4 Å². The van der Waals surface area contributed by atoms with Crippen LogP contribution < -0.4 is 0 Å². The fraction of sp³-hybridized carbons (Fsp3) is 0.562. The van der Waals surface area contributed by atoms with E-state index in [0.717, 1.165) is 12.1 Å². The molecular formula is C16H24N2O2. The fourth-order valence-corrected chi connectivity index (χ4v) is 2.77. The van der Waals surface area contributed by atoms with Crippen molar-refractivity contribution in [1.29, 1.82) is 0 Å². The van der Waals surface area contributed by atoms with Crippen LogP contribution in [0.25, 0.3) is 0 Å². The number of aliphatic hydroxyl groups excluding tert-OH is 1. The Labute approximate surface area is 121 Å². The number of likely N-dealkylation sites (tertiary alicyclic amines) is 1. The number of amides is 1. The molecule has 4 nitrogen and oxygen atoms in total. The van der Waals surface area contributed by atoms with Gasteiger partial charge >= 0.3 is 0 Å². The zero-order chi connectivity index (χ0) is 14.7. The number of likely N-dealkylation sites (N-methyl/N-ethyl adjacent to an activating group) is 1. The van der Waals surface area contributed by atoms with Crippen molar-refractivity contribution in [1.82, 2.24) is 9.80 Å². The summed E-state index contributed by atoms with van der Waals surface area (Å²) in [4.78, 5) is 16.3. The van der Waals surface area contributed by atoms with Gasteiger partial charge in [0.25, 0.3) is 0 Å². The first kappa shape index (κ1) is 15.0. The number of carbonyl (C=O) groups excluding carboxylic acids is 1. The van der Waals surface area contributed by atoms with E-state index in [1.807, 2.05) is 50.2 Å². The first-order chi connectivity index (χ1) is 9.45. The topological polar surface area (TPSA) is 43.8 Å². The highest BCUT2D eigenvalue weighted by molar-refractivity contribution is 5.79. The van der Waals surface area contributed by atoms with E-state index in [4.69, 9.17) is 0 Å². The van der Waals surface area contributed by atoms with E-state index in [-0.39, 0.29) is 18.1 Å². The minimum absolute atomic E-state index is 0.109. The predicted molar refractivity (Wildman–Crippen MR) is 79.6 cm³/mol. The lowest BCUT2D eigenvalue weighted by Crippen LogP contribution is -2.42. The summed E-state index contributed by atoms with van der Waals surface area (Å²) >= 11 is 0. The summed E-state index contributed by atoms with van der Waals surface area (Å²) in [6.45, 7) is 3.30. The Morgan fingerprint density at radius 3 is 2.60 bits per heavy atom. The van der Waals surface area contributed by atoms with Crippen LogP contribution in [0.2, 0.25) is 0 Å². The van der Waals surface area contributed by atoms with Gasteiger partial charge in [-0.2, -0.15) is 0 Å². The molecule has 0 spiro atoms. The number of rotatable bonds is 4. The van der Waals surface area contributed by atoms with Crippen molar-refractivity contribution in [3.8, 4) is 0 Å². The van der Waals surface area contributed by atoms with Gasteiger partial charge in [-0.25, -0.2) is 0 Å². The van der Waals surface area contributed by atoms with Crippen LogP contribution >= 0.6 is 0 Å². The van der Waals surface area contributed by atoms with Gasteiger partial charge in [0.05, 0.1) is 12.5 Å². The number of carbonyl (C=O) groups is 1. The molecule has 2 unspecified atom stereocenters. The quantitative estimate of drug-likeness (QED) is 0.894. The number of aliphatic hydroxyl groups is 1. The van der Waals surface area contributed by atoms with Crippen LogP contribution in [0.5, 0.6) is 0 Å². The van der Waals surface area contributed by atoms with Gasteiger partial charge in [0, 0.05) is 19.1 Å². The molecule has 0 aromatic heterocycles. The van der Waals surface area contributed by atoms with Crippen LogP contribution in [0, 0.1) is 6.92 Å². The second-order valence-electron chi connectivity index (χ2n) is 6.01. The fourth-order valence-electron chi connectivity index (χ4n) is 2.77. The van der Waals surface area contributed by atoms with Crippen LogP contribution in [0.3, 0.4) is 0 Å². The SMILES string of the molecule is Cc1ccc(CC(=O)N2CC(O)CC2CN(C)C)cc1. The minimum Gasteiger partial charge on any atom is -0.391 e. The summed E-state index contributed by atoms with van der Waals surface area (Å²) in [6.07, 6.45) is 0.705.